The number of hydrogen-bond acceptors (Lipinski definition) is 4. The Kier molecular flexibility index (Phi) is 4.87. The lowest BCUT2D eigenvalue weighted by Crippen LogP contribution is -2.49. The first kappa shape index (κ1) is 16.3. The monoisotopic (exact) mass is 319 g/mol. The van der Waals surface area contributed by atoms with Gasteiger partial charge in [0.2, 0.25) is 0 Å². The maximum atomic E-state index is 11.2. The Morgan fingerprint density at radius 1 is 1.39 bits per heavy atom. The molecule has 0 unspecified atom stereocenters. The second-order valence-corrected chi connectivity index (χ2v) is 6.65. The number of aryl methyl sites for hydroxylation is 1. The standard InChI is InChI=1S/C18H25NO4/c1-2-11-6-7-14-16(8-11)23-10-15(17(14)20)19-13-5-3-4-12(9-13)18(21)22/h6-8,12-13,15,17,19-20H,2-5,9-10H2,1H3,(H,21,22)/t12-,13-,15+,17-/m1/s1. The number of rotatable bonds is 4. The predicted octanol–water partition coefficient (Wildman–Crippen LogP) is 2.28. The number of aliphatic hydroxyl groups is 1. The van der Waals surface area contributed by atoms with E-state index in [2.05, 4.69) is 12.2 Å². The highest BCUT2D eigenvalue weighted by Crippen LogP contribution is 2.34. The Morgan fingerprint density at radius 2 is 2.22 bits per heavy atom. The molecule has 0 aromatic heterocycles. The molecule has 0 saturated heterocycles. The van der Waals surface area contributed by atoms with E-state index in [1.807, 2.05) is 18.2 Å². The molecule has 1 saturated carbocycles. The summed E-state index contributed by atoms with van der Waals surface area (Å²) in [6, 6.07) is 5.90. The fourth-order valence-corrected chi connectivity index (χ4v) is 3.66. The van der Waals surface area contributed by atoms with E-state index >= 15 is 0 Å². The van der Waals surface area contributed by atoms with Gasteiger partial charge >= 0.3 is 5.97 Å². The van der Waals surface area contributed by atoms with Gasteiger partial charge in [0.25, 0.3) is 0 Å². The van der Waals surface area contributed by atoms with Gasteiger partial charge in [-0.05, 0) is 37.3 Å². The van der Waals surface area contributed by atoms with Gasteiger partial charge in [-0.1, -0.05) is 25.5 Å². The molecule has 5 heteroatoms. The lowest BCUT2D eigenvalue weighted by atomic mass is 9.85. The van der Waals surface area contributed by atoms with Crippen molar-refractivity contribution >= 4 is 5.97 Å². The molecule has 23 heavy (non-hydrogen) atoms. The second kappa shape index (κ2) is 6.89. The van der Waals surface area contributed by atoms with Crippen LogP contribution in [0, 0.1) is 5.92 Å². The fraction of sp³-hybridized carbons (Fsp3) is 0.611. The molecule has 126 valence electrons. The van der Waals surface area contributed by atoms with Crippen molar-refractivity contribution in [2.45, 2.75) is 57.2 Å². The Balaban J connectivity index is 1.66. The Labute approximate surface area is 136 Å². The first-order valence-electron chi connectivity index (χ1n) is 8.51. The van der Waals surface area contributed by atoms with Crippen molar-refractivity contribution in [1.29, 1.82) is 0 Å². The molecule has 0 spiro atoms. The number of aliphatic carboxylic acids is 1. The quantitative estimate of drug-likeness (QED) is 0.793. The normalized spacial score (nSPS) is 30.3. The van der Waals surface area contributed by atoms with Gasteiger partial charge in [-0.3, -0.25) is 4.79 Å². The van der Waals surface area contributed by atoms with Crippen LogP contribution in [0.2, 0.25) is 0 Å². The largest absolute Gasteiger partial charge is 0.491 e. The van der Waals surface area contributed by atoms with Crippen LogP contribution < -0.4 is 10.1 Å². The molecule has 0 bridgehead atoms. The smallest absolute Gasteiger partial charge is 0.306 e. The number of fused-ring (bicyclic) bond motifs is 1. The van der Waals surface area contributed by atoms with E-state index in [9.17, 15) is 15.0 Å². The molecular weight excluding hydrogens is 294 g/mol. The van der Waals surface area contributed by atoms with Crippen molar-refractivity contribution in [3.63, 3.8) is 0 Å². The average Bonchev–Trinajstić information content (AvgIpc) is 2.57. The Morgan fingerprint density at radius 3 is 2.96 bits per heavy atom. The molecule has 1 aliphatic heterocycles. The van der Waals surface area contributed by atoms with Gasteiger partial charge in [-0.25, -0.2) is 0 Å². The minimum atomic E-state index is -0.714. The molecule has 1 fully saturated rings. The minimum absolute atomic E-state index is 0.129. The highest BCUT2D eigenvalue weighted by Gasteiger charge is 2.33. The lowest BCUT2D eigenvalue weighted by molar-refractivity contribution is -0.143. The zero-order valence-electron chi connectivity index (χ0n) is 13.5. The molecule has 3 rings (SSSR count). The number of ether oxygens (including phenoxy) is 1. The highest BCUT2D eigenvalue weighted by atomic mass is 16.5. The summed E-state index contributed by atoms with van der Waals surface area (Å²) in [5.74, 6) is -0.223. The molecule has 0 radical (unpaired) electrons. The average molecular weight is 319 g/mol. The first-order valence-corrected chi connectivity index (χ1v) is 8.51. The summed E-state index contributed by atoms with van der Waals surface area (Å²) in [6.45, 7) is 2.50. The van der Waals surface area contributed by atoms with Gasteiger partial charge in [0.15, 0.2) is 0 Å². The first-order chi connectivity index (χ1) is 11.1. The number of carboxylic acid groups (broad SMARTS) is 1. The molecule has 5 nitrogen and oxygen atoms in total. The van der Waals surface area contributed by atoms with Crippen LogP contribution in [0.25, 0.3) is 0 Å². The SMILES string of the molecule is CCc1ccc2c(c1)OC[C@H](N[C@@H]1CCC[C@@H](C(=O)O)C1)[C@@H]2O. The lowest BCUT2D eigenvalue weighted by Gasteiger charge is -2.36. The van der Waals surface area contributed by atoms with Gasteiger partial charge in [-0.15, -0.1) is 0 Å². The number of hydrogen-bond donors (Lipinski definition) is 3. The van der Waals surface area contributed by atoms with Crippen molar-refractivity contribution in [2.75, 3.05) is 6.61 Å². The second-order valence-electron chi connectivity index (χ2n) is 6.65. The molecule has 0 amide bonds. The van der Waals surface area contributed by atoms with Crippen LogP contribution in [0.3, 0.4) is 0 Å². The van der Waals surface area contributed by atoms with Crippen molar-refractivity contribution in [3.05, 3.63) is 29.3 Å². The van der Waals surface area contributed by atoms with E-state index in [-0.39, 0.29) is 18.0 Å². The summed E-state index contributed by atoms with van der Waals surface area (Å²) in [5, 5.41) is 23.2. The summed E-state index contributed by atoms with van der Waals surface area (Å²) in [4.78, 5) is 11.2. The highest BCUT2D eigenvalue weighted by molar-refractivity contribution is 5.70. The molecule has 1 heterocycles. The summed E-state index contributed by atoms with van der Waals surface area (Å²) in [7, 11) is 0. The van der Waals surface area contributed by atoms with E-state index in [4.69, 9.17) is 4.74 Å². The zero-order chi connectivity index (χ0) is 16.4. The van der Waals surface area contributed by atoms with Crippen LogP contribution in [0.5, 0.6) is 5.75 Å². The number of carboxylic acids is 1. The van der Waals surface area contributed by atoms with Crippen LogP contribution in [0.15, 0.2) is 18.2 Å². The third-order valence-electron chi connectivity index (χ3n) is 5.08. The summed E-state index contributed by atoms with van der Waals surface area (Å²) >= 11 is 0. The Bertz CT molecular complexity index is 574. The molecule has 1 aliphatic carbocycles. The molecule has 1 aromatic carbocycles. The minimum Gasteiger partial charge on any atom is -0.491 e. The summed E-state index contributed by atoms with van der Waals surface area (Å²) < 4.78 is 5.83. The van der Waals surface area contributed by atoms with E-state index in [1.165, 1.54) is 5.56 Å². The topological polar surface area (TPSA) is 78.8 Å². The van der Waals surface area contributed by atoms with Gasteiger partial charge in [0.05, 0.1) is 12.0 Å². The van der Waals surface area contributed by atoms with Gasteiger partial charge < -0.3 is 20.3 Å². The number of benzene rings is 1. The summed E-state index contributed by atoms with van der Waals surface area (Å²) in [5.41, 5.74) is 2.01. The predicted molar refractivity (Wildman–Crippen MR) is 86.6 cm³/mol. The van der Waals surface area contributed by atoms with Crippen LogP contribution in [0.4, 0.5) is 0 Å². The molecule has 3 N–H and O–H groups in total. The molecular formula is C18H25NO4. The van der Waals surface area contributed by atoms with Crippen LogP contribution in [-0.4, -0.2) is 34.9 Å². The van der Waals surface area contributed by atoms with Crippen molar-refractivity contribution in [2.24, 2.45) is 5.92 Å². The van der Waals surface area contributed by atoms with Gasteiger partial charge in [-0.2, -0.15) is 0 Å². The number of aliphatic hydroxyl groups excluding tert-OH is 1. The van der Waals surface area contributed by atoms with Crippen molar-refractivity contribution < 1.29 is 19.7 Å². The Hall–Kier alpha value is -1.59. The van der Waals surface area contributed by atoms with Gasteiger partial charge in [0.1, 0.15) is 18.5 Å². The maximum Gasteiger partial charge on any atom is 0.306 e. The summed E-state index contributed by atoms with van der Waals surface area (Å²) in [6.07, 6.45) is 3.56. The zero-order valence-corrected chi connectivity index (χ0v) is 13.5. The van der Waals surface area contributed by atoms with Gasteiger partial charge in [0, 0.05) is 11.6 Å². The number of carbonyl (C=O) groups is 1. The van der Waals surface area contributed by atoms with E-state index in [0.29, 0.717) is 13.0 Å². The molecule has 1 aromatic rings. The third kappa shape index (κ3) is 3.51. The fourth-order valence-electron chi connectivity index (χ4n) is 3.66. The molecule has 4 atom stereocenters. The molecule has 2 aliphatic rings. The van der Waals surface area contributed by atoms with Crippen molar-refractivity contribution in [1.82, 2.24) is 5.32 Å². The van der Waals surface area contributed by atoms with E-state index in [1.54, 1.807) is 0 Å². The van der Waals surface area contributed by atoms with E-state index < -0.39 is 12.1 Å². The van der Waals surface area contributed by atoms with Crippen molar-refractivity contribution in [3.8, 4) is 5.75 Å². The van der Waals surface area contributed by atoms with E-state index in [0.717, 1.165) is 37.0 Å². The van der Waals surface area contributed by atoms with Crippen LogP contribution in [-0.2, 0) is 11.2 Å². The number of nitrogens with one attached hydrogen (secondary N) is 1. The maximum absolute atomic E-state index is 11.2. The third-order valence-corrected chi connectivity index (χ3v) is 5.08. The van der Waals surface area contributed by atoms with Crippen LogP contribution in [0.1, 0.15) is 49.8 Å². The van der Waals surface area contributed by atoms with Crippen LogP contribution >= 0.6 is 0 Å².